The zero-order valence-corrected chi connectivity index (χ0v) is 12.0. The average Bonchev–Trinajstić information content (AvgIpc) is 2.48. The van der Waals surface area contributed by atoms with Crippen LogP contribution in [0.2, 0.25) is 0 Å². The molecule has 2 rings (SSSR count). The molecule has 0 bridgehead atoms. The SMILES string of the molecule is CN(CCCN(C)c1ccccc1F)c1ccccn1. The van der Waals surface area contributed by atoms with Crippen molar-refractivity contribution in [3.8, 4) is 0 Å². The van der Waals surface area contributed by atoms with Crippen LogP contribution in [-0.2, 0) is 0 Å². The van der Waals surface area contributed by atoms with Crippen molar-refractivity contribution in [1.82, 2.24) is 4.98 Å². The summed E-state index contributed by atoms with van der Waals surface area (Å²) in [5.41, 5.74) is 0.646. The van der Waals surface area contributed by atoms with Crippen LogP contribution in [0.25, 0.3) is 0 Å². The Morgan fingerprint density at radius 2 is 1.65 bits per heavy atom. The molecule has 0 amide bonds. The van der Waals surface area contributed by atoms with Crippen LogP contribution < -0.4 is 9.80 Å². The Kier molecular flexibility index (Phi) is 4.93. The van der Waals surface area contributed by atoms with Crippen molar-refractivity contribution in [2.75, 3.05) is 37.0 Å². The van der Waals surface area contributed by atoms with Crippen LogP contribution in [0, 0.1) is 5.82 Å². The van der Waals surface area contributed by atoms with Gasteiger partial charge in [-0.25, -0.2) is 9.37 Å². The molecule has 0 spiro atoms. The highest BCUT2D eigenvalue weighted by Gasteiger charge is 2.07. The first-order valence-corrected chi connectivity index (χ1v) is 6.76. The number of aromatic nitrogens is 1. The molecule has 1 heterocycles. The second kappa shape index (κ2) is 6.89. The third kappa shape index (κ3) is 3.70. The van der Waals surface area contributed by atoms with E-state index in [9.17, 15) is 4.39 Å². The number of hydrogen-bond donors (Lipinski definition) is 0. The lowest BCUT2D eigenvalue weighted by atomic mass is 10.2. The maximum Gasteiger partial charge on any atom is 0.146 e. The third-order valence-corrected chi connectivity index (χ3v) is 3.29. The summed E-state index contributed by atoms with van der Waals surface area (Å²) >= 11 is 0. The van der Waals surface area contributed by atoms with E-state index in [-0.39, 0.29) is 5.82 Å². The van der Waals surface area contributed by atoms with Gasteiger partial charge in [0.05, 0.1) is 5.69 Å². The molecule has 3 nitrogen and oxygen atoms in total. The second-order valence-electron chi connectivity index (χ2n) is 4.84. The normalized spacial score (nSPS) is 10.3. The molecule has 20 heavy (non-hydrogen) atoms. The standard InChI is InChI=1S/C16H20FN3/c1-19(15-9-4-3-8-14(15)17)12-7-13-20(2)16-10-5-6-11-18-16/h3-6,8-11H,7,12-13H2,1-2H3. The first-order valence-electron chi connectivity index (χ1n) is 6.76. The average molecular weight is 273 g/mol. The number of anilines is 2. The molecule has 0 N–H and O–H groups in total. The Hall–Kier alpha value is -2.10. The molecule has 0 radical (unpaired) electrons. The van der Waals surface area contributed by atoms with Crippen LogP contribution in [0.4, 0.5) is 15.9 Å². The summed E-state index contributed by atoms with van der Waals surface area (Å²) in [6, 6.07) is 12.7. The van der Waals surface area contributed by atoms with Gasteiger partial charge in [-0.15, -0.1) is 0 Å². The second-order valence-corrected chi connectivity index (χ2v) is 4.84. The van der Waals surface area contributed by atoms with Gasteiger partial charge in [-0.1, -0.05) is 18.2 Å². The van der Waals surface area contributed by atoms with Crippen LogP contribution in [0.1, 0.15) is 6.42 Å². The zero-order chi connectivity index (χ0) is 14.4. The van der Waals surface area contributed by atoms with Gasteiger partial charge in [-0.3, -0.25) is 0 Å². The molecule has 1 aromatic carbocycles. The number of rotatable bonds is 6. The van der Waals surface area contributed by atoms with Crippen molar-refractivity contribution >= 4 is 11.5 Å². The summed E-state index contributed by atoms with van der Waals surface area (Å²) in [7, 11) is 3.94. The van der Waals surface area contributed by atoms with Gasteiger partial charge in [-0.05, 0) is 30.7 Å². The molecular weight excluding hydrogens is 253 g/mol. The Balaban J connectivity index is 1.83. The largest absolute Gasteiger partial charge is 0.372 e. The summed E-state index contributed by atoms with van der Waals surface area (Å²) < 4.78 is 13.6. The molecule has 106 valence electrons. The number of hydrogen-bond acceptors (Lipinski definition) is 3. The van der Waals surface area contributed by atoms with Gasteiger partial charge in [0.25, 0.3) is 0 Å². The van der Waals surface area contributed by atoms with Gasteiger partial charge in [0.2, 0.25) is 0 Å². The molecule has 0 unspecified atom stereocenters. The highest BCUT2D eigenvalue weighted by Crippen LogP contribution is 2.17. The molecule has 0 saturated heterocycles. The van der Waals surface area contributed by atoms with E-state index in [1.54, 1.807) is 18.3 Å². The molecule has 4 heteroatoms. The minimum atomic E-state index is -0.173. The Labute approximate surface area is 119 Å². The summed E-state index contributed by atoms with van der Waals surface area (Å²) in [5.74, 6) is 0.786. The first kappa shape index (κ1) is 14.3. The van der Waals surface area contributed by atoms with E-state index in [0.29, 0.717) is 5.69 Å². The van der Waals surface area contributed by atoms with E-state index in [1.807, 2.05) is 43.3 Å². The minimum absolute atomic E-state index is 0.173. The van der Waals surface area contributed by atoms with Crippen LogP contribution in [-0.4, -0.2) is 32.2 Å². The number of halogens is 1. The molecule has 0 aliphatic carbocycles. The maximum atomic E-state index is 13.6. The topological polar surface area (TPSA) is 19.4 Å². The van der Waals surface area contributed by atoms with Gasteiger partial charge in [-0.2, -0.15) is 0 Å². The number of pyridine rings is 1. The first-order chi connectivity index (χ1) is 9.68. The fourth-order valence-electron chi connectivity index (χ4n) is 2.12. The lowest BCUT2D eigenvalue weighted by molar-refractivity contribution is 0.620. The molecular formula is C16H20FN3. The third-order valence-electron chi connectivity index (χ3n) is 3.29. The van der Waals surface area contributed by atoms with Crippen LogP contribution in [0.5, 0.6) is 0 Å². The van der Waals surface area contributed by atoms with E-state index in [2.05, 4.69) is 9.88 Å². The molecule has 0 saturated carbocycles. The molecule has 0 fully saturated rings. The van der Waals surface area contributed by atoms with E-state index < -0.39 is 0 Å². The quantitative estimate of drug-likeness (QED) is 0.806. The van der Waals surface area contributed by atoms with Gasteiger partial charge < -0.3 is 9.80 Å². The van der Waals surface area contributed by atoms with E-state index in [0.717, 1.165) is 25.3 Å². The molecule has 0 aliphatic heterocycles. The Morgan fingerprint density at radius 1 is 0.950 bits per heavy atom. The van der Waals surface area contributed by atoms with E-state index in [1.165, 1.54) is 6.07 Å². The lowest BCUT2D eigenvalue weighted by Gasteiger charge is -2.22. The summed E-state index contributed by atoms with van der Waals surface area (Å²) in [4.78, 5) is 8.35. The van der Waals surface area contributed by atoms with Crippen molar-refractivity contribution in [2.45, 2.75) is 6.42 Å². The lowest BCUT2D eigenvalue weighted by Crippen LogP contribution is -2.26. The van der Waals surface area contributed by atoms with Crippen molar-refractivity contribution < 1.29 is 4.39 Å². The highest BCUT2D eigenvalue weighted by atomic mass is 19.1. The van der Waals surface area contributed by atoms with Crippen LogP contribution in [0.15, 0.2) is 48.7 Å². The molecule has 1 aromatic heterocycles. The minimum Gasteiger partial charge on any atom is -0.372 e. The van der Waals surface area contributed by atoms with E-state index in [4.69, 9.17) is 0 Å². The van der Waals surface area contributed by atoms with Gasteiger partial charge in [0, 0.05) is 33.4 Å². The number of benzene rings is 1. The maximum absolute atomic E-state index is 13.6. The fourth-order valence-corrected chi connectivity index (χ4v) is 2.12. The predicted molar refractivity (Wildman–Crippen MR) is 81.8 cm³/mol. The summed E-state index contributed by atoms with van der Waals surface area (Å²) in [6.07, 6.45) is 2.73. The van der Waals surface area contributed by atoms with Crippen LogP contribution >= 0.6 is 0 Å². The highest BCUT2D eigenvalue weighted by molar-refractivity contribution is 5.46. The van der Waals surface area contributed by atoms with Gasteiger partial charge >= 0.3 is 0 Å². The van der Waals surface area contributed by atoms with Crippen molar-refractivity contribution in [1.29, 1.82) is 0 Å². The van der Waals surface area contributed by atoms with Crippen molar-refractivity contribution in [3.63, 3.8) is 0 Å². The predicted octanol–water partition coefficient (Wildman–Crippen LogP) is 3.18. The molecule has 2 aromatic rings. The number of para-hydroxylation sites is 1. The Morgan fingerprint density at radius 3 is 2.35 bits per heavy atom. The smallest absolute Gasteiger partial charge is 0.146 e. The summed E-state index contributed by atoms with van der Waals surface area (Å²) in [5, 5.41) is 0. The zero-order valence-electron chi connectivity index (χ0n) is 12.0. The van der Waals surface area contributed by atoms with Crippen molar-refractivity contribution in [3.05, 3.63) is 54.5 Å². The monoisotopic (exact) mass is 273 g/mol. The number of nitrogens with zero attached hydrogens (tertiary/aromatic N) is 3. The fraction of sp³-hybridized carbons (Fsp3) is 0.312. The van der Waals surface area contributed by atoms with Crippen LogP contribution in [0.3, 0.4) is 0 Å². The summed E-state index contributed by atoms with van der Waals surface area (Å²) in [6.45, 7) is 1.69. The van der Waals surface area contributed by atoms with Crippen molar-refractivity contribution in [2.24, 2.45) is 0 Å². The van der Waals surface area contributed by atoms with Gasteiger partial charge in [0.1, 0.15) is 11.6 Å². The molecule has 0 aliphatic rings. The van der Waals surface area contributed by atoms with E-state index >= 15 is 0 Å². The Bertz CT molecular complexity index is 530. The van der Waals surface area contributed by atoms with Gasteiger partial charge in [0.15, 0.2) is 0 Å². The molecule has 0 atom stereocenters.